The van der Waals surface area contributed by atoms with Crippen molar-refractivity contribution in [2.45, 2.75) is 57.0 Å². The zero-order valence-corrected chi connectivity index (χ0v) is 21.3. The number of halogens is 1. The summed E-state index contributed by atoms with van der Waals surface area (Å²) in [5.41, 5.74) is 0.314. The molecule has 1 saturated heterocycles. The third-order valence-electron chi connectivity index (χ3n) is 5.96. The highest BCUT2D eigenvalue weighted by molar-refractivity contribution is 14.1. The first-order valence-corrected chi connectivity index (χ1v) is 12.6. The Labute approximate surface area is 212 Å². The van der Waals surface area contributed by atoms with Crippen LogP contribution >= 0.6 is 22.6 Å². The van der Waals surface area contributed by atoms with E-state index in [0.29, 0.717) is 17.9 Å². The number of hydrogen-bond donors (Lipinski definition) is 3. The van der Waals surface area contributed by atoms with E-state index in [-0.39, 0.29) is 38.6 Å². The van der Waals surface area contributed by atoms with Crippen LogP contribution < -0.4 is 10.1 Å². The van der Waals surface area contributed by atoms with Crippen molar-refractivity contribution in [3.63, 3.8) is 0 Å². The van der Waals surface area contributed by atoms with Crippen molar-refractivity contribution in [3.05, 3.63) is 39.5 Å². The Morgan fingerprint density at radius 1 is 1.29 bits per heavy atom. The highest BCUT2D eigenvalue weighted by Crippen LogP contribution is 2.30. The van der Waals surface area contributed by atoms with Gasteiger partial charge in [0.25, 0.3) is 5.91 Å². The molecule has 3 rings (SSSR count). The van der Waals surface area contributed by atoms with Gasteiger partial charge in [0.2, 0.25) is 11.7 Å². The molecule has 0 aromatic heterocycles. The Balaban J connectivity index is 1.94. The number of carbonyl (C=O) groups excluding carboxylic acids is 3. The van der Waals surface area contributed by atoms with E-state index in [1.165, 1.54) is 4.90 Å². The molecule has 34 heavy (non-hydrogen) atoms. The van der Waals surface area contributed by atoms with Crippen molar-refractivity contribution < 1.29 is 34.1 Å². The van der Waals surface area contributed by atoms with Crippen molar-refractivity contribution in [3.8, 4) is 5.75 Å². The summed E-state index contributed by atoms with van der Waals surface area (Å²) in [6.45, 7) is 2.18. The number of benzene rings is 1. The largest absolute Gasteiger partial charge is 0.482 e. The summed E-state index contributed by atoms with van der Waals surface area (Å²) in [4.78, 5) is 39.6. The predicted molar refractivity (Wildman–Crippen MR) is 132 cm³/mol. The summed E-state index contributed by atoms with van der Waals surface area (Å²) < 4.78 is 12.6. The molecule has 2 amide bonds. The topological polar surface area (TPSA) is 125 Å². The Hall–Kier alpha value is -2.02. The van der Waals surface area contributed by atoms with Crippen molar-refractivity contribution in [1.29, 1.82) is 0 Å². The molecule has 1 aliphatic carbocycles. The Kier molecular flexibility index (Phi) is 9.86. The lowest BCUT2D eigenvalue weighted by atomic mass is 9.87. The minimum atomic E-state index is -1.18. The normalized spacial score (nSPS) is 24.3. The van der Waals surface area contributed by atoms with E-state index in [1.54, 1.807) is 25.1 Å². The number of Topliss-reactive ketones (excluding diaryl/α,β-unsaturated/α-hetero) is 1. The summed E-state index contributed by atoms with van der Waals surface area (Å²) in [7, 11) is 0. The molecule has 0 unspecified atom stereocenters. The highest BCUT2D eigenvalue weighted by Gasteiger charge is 2.42. The van der Waals surface area contributed by atoms with Crippen LogP contribution in [0, 0.1) is 3.57 Å². The van der Waals surface area contributed by atoms with E-state index < -0.39 is 35.8 Å². The lowest BCUT2D eigenvalue weighted by molar-refractivity contribution is -0.150. The van der Waals surface area contributed by atoms with Gasteiger partial charge in [0.15, 0.2) is 0 Å². The molecule has 0 saturated carbocycles. The van der Waals surface area contributed by atoms with Crippen molar-refractivity contribution in [1.82, 2.24) is 10.2 Å². The van der Waals surface area contributed by atoms with E-state index in [0.717, 1.165) is 16.4 Å². The van der Waals surface area contributed by atoms with Crippen molar-refractivity contribution in [2.75, 3.05) is 26.3 Å². The number of aliphatic hydroxyl groups is 2. The number of rotatable bonds is 10. The third-order valence-corrected chi connectivity index (χ3v) is 6.85. The molecule has 1 heterocycles. The summed E-state index contributed by atoms with van der Waals surface area (Å²) in [6.07, 6.45) is 0.871. The van der Waals surface area contributed by atoms with Gasteiger partial charge in [0, 0.05) is 38.1 Å². The monoisotopic (exact) mass is 586 g/mol. The van der Waals surface area contributed by atoms with Gasteiger partial charge in [-0.25, -0.2) is 0 Å². The lowest BCUT2D eigenvalue weighted by Crippen LogP contribution is -2.57. The van der Waals surface area contributed by atoms with Crippen LogP contribution in [-0.4, -0.2) is 83.4 Å². The lowest BCUT2D eigenvalue weighted by Gasteiger charge is -2.41. The summed E-state index contributed by atoms with van der Waals surface area (Å²) >= 11 is 2.12. The summed E-state index contributed by atoms with van der Waals surface area (Å²) in [5.74, 6) is -1.16. The average molecular weight is 586 g/mol. The zero-order chi connectivity index (χ0) is 24.7. The number of hydrogen-bond acceptors (Lipinski definition) is 7. The summed E-state index contributed by atoms with van der Waals surface area (Å²) in [6, 6.07) is 6.41. The maximum absolute atomic E-state index is 13.1. The molecular weight excluding hydrogens is 555 g/mol. The number of aliphatic hydroxyl groups excluding tert-OH is 2. The molecule has 1 fully saturated rings. The number of amides is 2. The minimum Gasteiger partial charge on any atom is -0.482 e. The number of carbonyl (C=O) groups is 3. The smallest absolute Gasteiger partial charge is 0.290 e. The highest BCUT2D eigenvalue weighted by atomic mass is 127. The van der Waals surface area contributed by atoms with E-state index in [9.17, 15) is 19.5 Å². The molecule has 1 aromatic rings. The van der Waals surface area contributed by atoms with Crippen LogP contribution in [0.25, 0.3) is 0 Å². The molecular formula is C24H31IN2O7. The van der Waals surface area contributed by atoms with Crippen LogP contribution in [0.3, 0.4) is 0 Å². The van der Waals surface area contributed by atoms with Gasteiger partial charge in [-0.2, -0.15) is 0 Å². The molecule has 186 valence electrons. The van der Waals surface area contributed by atoms with Crippen LogP contribution in [0.15, 0.2) is 35.9 Å². The molecule has 0 spiro atoms. The second-order valence-electron chi connectivity index (χ2n) is 8.32. The number of nitrogens with zero attached hydrogens (tertiary/aromatic N) is 1. The molecule has 2 aliphatic rings. The van der Waals surface area contributed by atoms with Crippen LogP contribution in [0.1, 0.15) is 32.6 Å². The van der Waals surface area contributed by atoms with Gasteiger partial charge in [-0.3, -0.25) is 14.4 Å². The molecule has 0 radical (unpaired) electrons. The first-order valence-electron chi connectivity index (χ1n) is 11.5. The molecule has 3 N–H and O–H groups in total. The second kappa shape index (κ2) is 12.6. The van der Waals surface area contributed by atoms with Gasteiger partial charge in [0.1, 0.15) is 18.0 Å². The first kappa shape index (κ1) is 26.6. The van der Waals surface area contributed by atoms with Gasteiger partial charge < -0.3 is 29.9 Å². The van der Waals surface area contributed by atoms with E-state index >= 15 is 0 Å². The second-order valence-corrected chi connectivity index (χ2v) is 9.48. The first-order chi connectivity index (χ1) is 16.3. The van der Waals surface area contributed by atoms with Gasteiger partial charge in [-0.15, -0.1) is 0 Å². The third kappa shape index (κ3) is 6.55. The fourth-order valence-corrected chi connectivity index (χ4v) is 4.67. The van der Waals surface area contributed by atoms with Crippen LogP contribution in [-0.2, 0) is 19.1 Å². The van der Waals surface area contributed by atoms with Gasteiger partial charge in [0.05, 0.1) is 22.3 Å². The zero-order valence-electron chi connectivity index (χ0n) is 19.1. The molecule has 9 nitrogen and oxygen atoms in total. The number of ketones is 1. The minimum absolute atomic E-state index is 0.0332. The average Bonchev–Trinajstić information content (AvgIpc) is 3.36. The molecule has 4 atom stereocenters. The van der Waals surface area contributed by atoms with Gasteiger partial charge >= 0.3 is 0 Å². The SMILES string of the molecule is CCC(=O)C(=O)N(C[C@H]1CCCO1)[C@@H]1CC(C(=O)NCCO)=C[C@H](Oc2ccccc2I)[C@H]1O. The predicted octanol–water partition coefficient (Wildman–Crippen LogP) is 1.19. The fraction of sp³-hybridized carbons (Fsp3) is 0.542. The molecule has 0 bridgehead atoms. The Morgan fingerprint density at radius 2 is 2.06 bits per heavy atom. The molecule has 1 aliphatic heterocycles. The number of nitrogens with one attached hydrogen (secondary N) is 1. The van der Waals surface area contributed by atoms with E-state index in [1.807, 2.05) is 12.1 Å². The fourth-order valence-electron chi connectivity index (χ4n) is 4.15. The molecule has 10 heteroatoms. The summed E-state index contributed by atoms with van der Waals surface area (Å²) in [5, 5.41) is 23.0. The standard InChI is InChI=1S/C24H31IN2O7/c1-2-19(29)24(32)27(14-16-6-5-11-33-16)18-12-15(23(31)26-9-10-28)13-21(22(18)30)34-20-8-4-3-7-17(20)25/h3-4,7-8,13,16,18,21-22,28,30H,2,5-6,9-12,14H2,1H3,(H,26,31)/t16-,18-,21+,22+/m1/s1. The van der Waals surface area contributed by atoms with E-state index in [2.05, 4.69) is 27.9 Å². The number of ether oxygens (including phenoxy) is 2. The Morgan fingerprint density at radius 3 is 2.71 bits per heavy atom. The van der Waals surface area contributed by atoms with Gasteiger partial charge in [-0.1, -0.05) is 19.1 Å². The van der Waals surface area contributed by atoms with Crippen LogP contribution in [0.5, 0.6) is 5.75 Å². The van der Waals surface area contributed by atoms with Crippen LogP contribution in [0.2, 0.25) is 0 Å². The van der Waals surface area contributed by atoms with Gasteiger partial charge in [-0.05, 0) is 53.6 Å². The Bertz CT molecular complexity index is 916. The van der Waals surface area contributed by atoms with Crippen LogP contribution in [0.4, 0.5) is 0 Å². The van der Waals surface area contributed by atoms with E-state index in [4.69, 9.17) is 14.6 Å². The van der Waals surface area contributed by atoms with Crippen molar-refractivity contribution >= 4 is 40.2 Å². The number of para-hydroxylation sites is 1. The quantitative estimate of drug-likeness (QED) is 0.278. The van der Waals surface area contributed by atoms with Crippen molar-refractivity contribution in [2.24, 2.45) is 0 Å². The molecule has 1 aromatic carbocycles. The maximum atomic E-state index is 13.1. The maximum Gasteiger partial charge on any atom is 0.290 e.